The van der Waals surface area contributed by atoms with Crippen molar-refractivity contribution >= 4 is 11.5 Å². The summed E-state index contributed by atoms with van der Waals surface area (Å²) < 4.78 is 9.14. The lowest BCUT2D eigenvalue weighted by Gasteiger charge is -2.06. The Kier molecular flexibility index (Phi) is 4.32. The molecule has 108 valence electrons. The predicted octanol–water partition coefficient (Wildman–Crippen LogP) is 2.36. The van der Waals surface area contributed by atoms with Gasteiger partial charge in [0, 0.05) is 18.3 Å². The van der Waals surface area contributed by atoms with Crippen LogP contribution in [-0.2, 0) is 13.0 Å². The summed E-state index contributed by atoms with van der Waals surface area (Å²) in [6.45, 7) is 2.62. The fourth-order valence-corrected chi connectivity index (χ4v) is 2.35. The maximum Gasteiger partial charge on any atom is 0.243 e. The first-order valence-electron chi connectivity index (χ1n) is 6.67. The zero-order valence-corrected chi connectivity index (χ0v) is 12.4. The van der Waals surface area contributed by atoms with E-state index in [1.165, 1.54) is 17.1 Å². The second-order valence-electron chi connectivity index (χ2n) is 4.71. The van der Waals surface area contributed by atoms with Gasteiger partial charge in [-0.05, 0) is 24.0 Å². The minimum Gasteiger partial charge on any atom is -0.338 e. The normalized spacial score (nSPS) is 12.4. The Hall–Kier alpha value is -2.12. The van der Waals surface area contributed by atoms with Crippen LogP contribution in [0.5, 0.6) is 0 Å². The maximum absolute atomic E-state index is 5.31. The van der Waals surface area contributed by atoms with E-state index in [1.807, 2.05) is 42.6 Å². The maximum atomic E-state index is 5.31. The van der Waals surface area contributed by atoms with Crippen LogP contribution in [0.4, 0.5) is 0 Å². The van der Waals surface area contributed by atoms with Crippen LogP contribution in [0, 0.1) is 0 Å². The molecule has 1 atom stereocenters. The highest BCUT2D eigenvalue weighted by atomic mass is 32.1. The average molecular weight is 301 g/mol. The topological polar surface area (TPSA) is 76.7 Å². The Labute approximate surface area is 126 Å². The summed E-state index contributed by atoms with van der Waals surface area (Å²) in [5, 5.41) is 13.2. The van der Waals surface area contributed by atoms with Gasteiger partial charge in [-0.25, -0.2) is 0 Å². The van der Waals surface area contributed by atoms with Gasteiger partial charge in [0.25, 0.3) is 0 Å². The smallest absolute Gasteiger partial charge is 0.243 e. The number of aromatic nitrogens is 4. The van der Waals surface area contributed by atoms with Gasteiger partial charge in [0.2, 0.25) is 5.89 Å². The molecule has 0 spiro atoms. The quantitative estimate of drug-likeness (QED) is 0.753. The second kappa shape index (κ2) is 6.55. The first kappa shape index (κ1) is 13.8. The minimum atomic E-state index is -0.0243. The molecule has 0 saturated heterocycles. The standard InChI is InChI=1S/C14H15N5OS/c1-10(15-8-12-9-21-19-17-12)14-16-13(18-20-14)7-11-5-3-2-4-6-11/h2-6,9-10,15H,7-8H2,1H3. The number of hydrogen-bond donors (Lipinski definition) is 1. The first-order valence-corrected chi connectivity index (χ1v) is 7.50. The number of rotatable bonds is 6. The van der Waals surface area contributed by atoms with Crippen LogP contribution in [0.25, 0.3) is 0 Å². The van der Waals surface area contributed by atoms with Gasteiger partial charge in [-0.1, -0.05) is 40.0 Å². The number of nitrogens with one attached hydrogen (secondary N) is 1. The summed E-state index contributed by atoms with van der Waals surface area (Å²) in [5.41, 5.74) is 2.08. The van der Waals surface area contributed by atoms with E-state index in [9.17, 15) is 0 Å². The van der Waals surface area contributed by atoms with E-state index in [4.69, 9.17) is 4.52 Å². The van der Waals surface area contributed by atoms with Crippen LogP contribution >= 0.6 is 11.5 Å². The Bertz CT molecular complexity index is 668. The summed E-state index contributed by atoms with van der Waals surface area (Å²) in [7, 11) is 0. The van der Waals surface area contributed by atoms with Gasteiger partial charge in [0.15, 0.2) is 5.82 Å². The van der Waals surface area contributed by atoms with Crippen LogP contribution in [0.3, 0.4) is 0 Å². The molecule has 0 saturated carbocycles. The third kappa shape index (κ3) is 3.71. The monoisotopic (exact) mass is 301 g/mol. The molecule has 0 aliphatic heterocycles. The van der Waals surface area contributed by atoms with Crippen LogP contribution in [0.15, 0.2) is 40.2 Å². The molecule has 21 heavy (non-hydrogen) atoms. The molecule has 7 heteroatoms. The predicted molar refractivity (Wildman–Crippen MR) is 78.7 cm³/mol. The third-order valence-corrected chi connectivity index (χ3v) is 3.61. The molecule has 0 aliphatic rings. The molecule has 1 N–H and O–H groups in total. The Morgan fingerprint density at radius 3 is 2.90 bits per heavy atom. The number of hydrogen-bond acceptors (Lipinski definition) is 7. The molecule has 0 bridgehead atoms. The molecule has 0 aliphatic carbocycles. The molecule has 3 rings (SSSR count). The summed E-state index contributed by atoms with van der Waals surface area (Å²) in [5.74, 6) is 1.28. The largest absolute Gasteiger partial charge is 0.338 e. The van der Waals surface area contributed by atoms with Crippen LogP contribution in [0.2, 0.25) is 0 Å². The van der Waals surface area contributed by atoms with E-state index in [1.54, 1.807) is 0 Å². The Balaban J connectivity index is 1.59. The van der Waals surface area contributed by atoms with Crippen molar-refractivity contribution in [3.63, 3.8) is 0 Å². The van der Waals surface area contributed by atoms with Gasteiger partial charge in [-0.15, -0.1) is 5.10 Å². The van der Waals surface area contributed by atoms with Crippen molar-refractivity contribution in [2.24, 2.45) is 0 Å². The molecule has 0 amide bonds. The summed E-state index contributed by atoms with van der Waals surface area (Å²) >= 11 is 1.34. The molecule has 0 radical (unpaired) electrons. The first-order chi connectivity index (χ1) is 10.3. The van der Waals surface area contributed by atoms with Crippen LogP contribution in [0.1, 0.15) is 35.9 Å². The SMILES string of the molecule is CC(NCc1csnn1)c1nc(Cc2ccccc2)no1. The van der Waals surface area contributed by atoms with E-state index >= 15 is 0 Å². The fourth-order valence-electron chi connectivity index (χ4n) is 1.90. The van der Waals surface area contributed by atoms with Crippen molar-refractivity contribution in [3.8, 4) is 0 Å². The molecule has 1 unspecified atom stereocenters. The zero-order chi connectivity index (χ0) is 14.5. The second-order valence-corrected chi connectivity index (χ2v) is 5.32. The van der Waals surface area contributed by atoms with E-state index in [0.717, 1.165) is 5.69 Å². The average Bonchev–Trinajstić information content (AvgIpc) is 3.17. The van der Waals surface area contributed by atoms with Crippen molar-refractivity contribution in [1.82, 2.24) is 25.0 Å². The van der Waals surface area contributed by atoms with Crippen LogP contribution in [-0.4, -0.2) is 19.7 Å². The van der Waals surface area contributed by atoms with Gasteiger partial charge in [-0.3, -0.25) is 0 Å². The van der Waals surface area contributed by atoms with Gasteiger partial charge in [0.1, 0.15) is 0 Å². The van der Waals surface area contributed by atoms with Gasteiger partial charge < -0.3 is 9.84 Å². The molecule has 1 aromatic carbocycles. The Morgan fingerprint density at radius 1 is 1.29 bits per heavy atom. The molecule has 2 heterocycles. The van der Waals surface area contributed by atoms with Crippen molar-refractivity contribution < 1.29 is 4.52 Å². The summed E-state index contributed by atoms with van der Waals surface area (Å²) in [4.78, 5) is 4.43. The lowest BCUT2D eigenvalue weighted by molar-refractivity contribution is 0.335. The van der Waals surface area contributed by atoms with Crippen molar-refractivity contribution in [2.75, 3.05) is 0 Å². The Morgan fingerprint density at radius 2 is 2.14 bits per heavy atom. The molecule has 0 fully saturated rings. The third-order valence-electron chi connectivity index (χ3n) is 3.05. The molecule has 3 aromatic rings. The van der Waals surface area contributed by atoms with Crippen molar-refractivity contribution in [3.05, 3.63) is 58.7 Å². The number of benzene rings is 1. The van der Waals surface area contributed by atoms with E-state index < -0.39 is 0 Å². The van der Waals surface area contributed by atoms with E-state index in [0.29, 0.717) is 24.7 Å². The van der Waals surface area contributed by atoms with Gasteiger partial charge in [0.05, 0.1) is 11.7 Å². The summed E-state index contributed by atoms with van der Waals surface area (Å²) in [6, 6.07) is 10.1. The minimum absolute atomic E-state index is 0.0243. The van der Waals surface area contributed by atoms with Crippen molar-refractivity contribution in [1.29, 1.82) is 0 Å². The molecule has 6 nitrogen and oxygen atoms in total. The molecule has 2 aromatic heterocycles. The summed E-state index contributed by atoms with van der Waals surface area (Å²) in [6.07, 6.45) is 0.674. The highest BCUT2D eigenvalue weighted by molar-refractivity contribution is 7.03. The van der Waals surface area contributed by atoms with E-state index in [-0.39, 0.29) is 6.04 Å². The lowest BCUT2D eigenvalue weighted by atomic mass is 10.1. The molecular weight excluding hydrogens is 286 g/mol. The highest BCUT2D eigenvalue weighted by Gasteiger charge is 2.14. The molecular formula is C14H15N5OS. The highest BCUT2D eigenvalue weighted by Crippen LogP contribution is 2.13. The van der Waals surface area contributed by atoms with Gasteiger partial charge >= 0.3 is 0 Å². The number of nitrogens with zero attached hydrogens (tertiary/aromatic N) is 4. The lowest BCUT2D eigenvalue weighted by Crippen LogP contribution is -2.18. The van der Waals surface area contributed by atoms with Crippen LogP contribution < -0.4 is 5.32 Å². The zero-order valence-electron chi connectivity index (χ0n) is 11.6. The van der Waals surface area contributed by atoms with Gasteiger partial charge in [-0.2, -0.15) is 4.98 Å². The van der Waals surface area contributed by atoms with E-state index in [2.05, 4.69) is 25.0 Å². The van der Waals surface area contributed by atoms with Crippen molar-refractivity contribution in [2.45, 2.75) is 25.9 Å². The fraction of sp³-hybridized carbons (Fsp3) is 0.286.